The summed E-state index contributed by atoms with van der Waals surface area (Å²) in [6.45, 7) is 1.87. The minimum atomic E-state index is -0.846. The number of nitrogens with zero attached hydrogens (tertiary/aromatic N) is 1. The molecule has 3 aromatic rings. The predicted molar refractivity (Wildman–Crippen MR) is 129 cm³/mol. The van der Waals surface area contributed by atoms with Gasteiger partial charge in [-0.3, -0.25) is 9.59 Å². The van der Waals surface area contributed by atoms with Crippen molar-refractivity contribution in [2.24, 2.45) is 5.73 Å². The highest BCUT2D eigenvalue weighted by Gasteiger charge is 2.15. The van der Waals surface area contributed by atoms with Gasteiger partial charge in [-0.15, -0.1) is 0 Å². The molecule has 3 rings (SSSR count). The van der Waals surface area contributed by atoms with Gasteiger partial charge in [-0.2, -0.15) is 0 Å². The fraction of sp³-hybridized carbons (Fsp3) is 0.231. The van der Waals surface area contributed by atoms with Crippen molar-refractivity contribution in [1.82, 2.24) is 10.2 Å². The predicted octanol–water partition coefficient (Wildman–Crippen LogP) is 3.58. The zero-order chi connectivity index (χ0) is 24.5. The topological polar surface area (TPSA) is 87.5 Å². The minimum Gasteiger partial charge on any atom is -0.351 e. The molecule has 0 heterocycles. The van der Waals surface area contributed by atoms with Gasteiger partial charge in [0.1, 0.15) is 11.6 Å². The van der Waals surface area contributed by atoms with Crippen LogP contribution in [0.3, 0.4) is 0 Å². The second-order valence-electron chi connectivity index (χ2n) is 8.00. The molecule has 0 radical (unpaired) electrons. The number of nitrogens with one attached hydrogen (secondary N) is 2. The van der Waals surface area contributed by atoms with Crippen LogP contribution in [0.2, 0.25) is 0 Å². The average Bonchev–Trinajstić information content (AvgIpc) is 2.82. The first-order valence-electron chi connectivity index (χ1n) is 11.0. The molecule has 3 aromatic carbocycles. The van der Waals surface area contributed by atoms with Crippen LogP contribution in [0.4, 0.5) is 14.5 Å². The number of rotatable bonds is 10. The normalized spacial score (nSPS) is 10.9. The third-order valence-electron chi connectivity index (χ3n) is 5.24. The zero-order valence-electron chi connectivity index (χ0n) is 19.0. The summed E-state index contributed by atoms with van der Waals surface area (Å²) in [4.78, 5) is 27.2. The van der Waals surface area contributed by atoms with Gasteiger partial charge in [-0.1, -0.05) is 36.4 Å². The Hall–Kier alpha value is -3.62. The van der Waals surface area contributed by atoms with E-state index in [4.69, 9.17) is 5.73 Å². The van der Waals surface area contributed by atoms with Crippen LogP contribution < -0.4 is 16.4 Å². The number of likely N-dealkylation sites (N-methyl/N-ethyl adjacent to an activating group) is 1. The Morgan fingerprint density at radius 3 is 2.29 bits per heavy atom. The fourth-order valence-corrected chi connectivity index (χ4v) is 3.47. The van der Waals surface area contributed by atoms with E-state index < -0.39 is 17.5 Å². The molecule has 0 aliphatic carbocycles. The van der Waals surface area contributed by atoms with E-state index in [0.717, 1.165) is 30.7 Å². The molecule has 4 N–H and O–H groups in total. The first-order chi connectivity index (χ1) is 16.4. The molecule has 0 aliphatic rings. The second-order valence-corrected chi connectivity index (χ2v) is 8.00. The van der Waals surface area contributed by atoms with E-state index in [9.17, 15) is 18.4 Å². The van der Waals surface area contributed by atoms with E-state index >= 15 is 0 Å². The molecule has 34 heavy (non-hydrogen) atoms. The van der Waals surface area contributed by atoms with E-state index in [0.29, 0.717) is 37.0 Å². The lowest BCUT2D eigenvalue weighted by atomic mass is 10.1. The number of hydrogen-bond acceptors (Lipinski definition) is 4. The first-order valence-corrected chi connectivity index (χ1v) is 11.0. The summed E-state index contributed by atoms with van der Waals surface area (Å²) in [6.07, 6.45) is 0.848. The van der Waals surface area contributed by atoms with E-state index in [1.807, 2.05) is 25.2 Å². The molecular formula is C26H28F2N4O2. The van der Waals surface area contributed by atoms with Crippen molar-refractivity contribution in [3.8, 4) is 0 Å². The van der Waals surface area contributed by atoms with Gasteiger partial charge in [0, 0.05) is 49.1 Å². The summed E-state index contributed by atoms with van der Waals surface area (Å²) < 4.78 is 27.2. The van der Waals surface area contributed by atoms with Crippen LogP contribution in [0.1, 0.15) is 31.8 Å². The van der Waals surface area contributed by atoms with Gasteiger partial charge in [0.05, 0.1) is 0 Å². The van der Waals surface area contributed by atoms with Crippen molar-refractivity contribution in [1.29, 1.82) is 0 Å². The minimum absolute atomic E-state index is 0.154. The molecule has 178 valence electrons. The number of amides is 2. The summed E-state index contributed by atoms with van der Waals surface area (Å²) in [5.41, 5.74) is 8.00. The Balaban J connectivity index is 1.80. The third kappa shape index (κ3) is 7.19. The number of carbonyl (C=O) groups is 2. The number of anilines is 1. The Morgan fingerprint density at radius 2 is 1.62 bits per heavy atom. The van der Waals surface area contributed by atoms with Crippen LogP contribution in [-0.2, 0) is 13.0 Å². The molecule has 0 unspecified atom stereocenters. The Kier molecular flexibility index (Phi) is 8.84. The van der Waals surface area contributed by atoms with E-state index in [-0.39, 0.29) is 11.5 Å². The van der Waals surface area contributed by atoms with Gasteiger partial charge in [-0.25, -0.2) is 8.78 Å². The highest BCUT2D eigenvalue weighted by molar-refractivity contribution is 6.05. The number of benzene rings is 3. The molecule has 0 atom stereocenters. The quantitative estimate of drug-likeness (QED) is 0.426. The lowest BCUT2D eigenvalue weighted by Gasteiger charge is -2.20. The van der Waals surface area contributed by atoms with Crippen LogP contribution in [-0.4, -0.2) is 43.4 Å². The third-order valence-corrected chi connectivity index (χ3v) is 5.24. The summed E-state index contributed by atoms with van der Waals surface area (Å²) in [5.74, 6) is -2.70. The first kappa shape index (κ1) is 25.0. The van der Waals surface area contributed by atoms with Gasteiger partial charge in [0.25, 0.3) is 11.8 Å². The summed E-state index contributed by atoms with van der Waals surface area (Å²) in [5, 5.41) is 5.40. The highest BCUT2D eigenvalue weighted by Crippen LogP contribution is 2.21. The van der Waals surface area contributed by atoms with E-state index in [2.05, 4.69) is 27.7 Å². The van der Waals surface area contributed by atoms with Crippen molar-refractivity contribution >= 4 is 17.5 Å². The molecule has 0 bridgehead atoms. The SMILES string of the molecule is CN(CCc1ccccc1)Cc1ccc(C(=O)NCCN)cc1NC(=O)c1cc(F)cc(F)c1. The van der Waals surface area contributed by atoms with Crippen LogP contribution in [0.15, 0.2) is 66.7 Å². The average molecular weight is 467 g/mol. The van der Waals surface area contributed by atoms with Crippen molar-refractivity contribution in [3.63, 3.8) is 0 Å². The maximum absolute atomic E-state index is 13.6. The van der Waals surface area contributed by atoms with E-state index in [1.54, 1.807) is 18.2 Å². The molecule has 0 saturated heterocycles. The van der Waals surface area contributed by atoms with Crippen molar-refractivity contribution in [2.45, 2.75) is 13.0 Å². The molecule has 2 amide bonds. The molecule has 0 fully saturated rings. The maximum Gasteiger partial charge on any atom is 0.255 e. The Labute approximate surface area is 197 Å². The van der Waals surface area contributed by atoms with Crippen LogP contribution in [0.25, 0.3) is 0 Å². The zero-order valence-corrected chi connectivity index (χ0v) is 19.0. The standard InChI is InChI=1S/C26H28F2N4O2/c1-32(12-9-18-5-3-2-4-6-18)17-20-8-7-19(25(33)30-11-10-29)15-24(20)31-26(34)21-13-22(27)16-23(28)14-21/h2-8,13-16H,9-12,17,29H2,1H3,(H,30,33)(H,31,34). The number of halogens is 2. The van der Waals surface area contributed by atoms with Gasteiger partial charge in [-0.05, 0) is 48.9 Å². The van der Waals surface area contributed by atoms with Crippen molar-refractivity contribution in [3.05, 3.63) is 101 Å². The smallest absolute Gasteiger partial charge is 0.255 e. The lowest BCUT2D eigenvalue weighted by molar-refractivity contribution is 0.0953. The van der Waals surface area contributed by atoms with Gasteiger partial charge >= 0.3 is 0 Å². The maximum atomic E-state index is 13.6. The van der Waals surface area contributed by atoms with Gasteiger partial charge < -0.3 is 21.3 Å². The second kappa shape index (κ2) is 12.0. The molecule has 0 saturated carbocycles. The Morgan fingerprint density at radius 1 is 0.912 bits per heavy atom. The monoisotopic (exact) mass is 466 g/mol. The number of nitrogens with two attached hydrogens (primary N) is 1. The van der Waals surface area contributed by atoms with Crippen molar-refractivity contribution < 1.29 is 18.4 Å². The molecule has 0 aliphatic heterocycles. The molecule has 8 heteroatoms. The fourth-order valence-electron chi connectivity index (χ4n) is 3.47. The van der Waals surface area contributed by atoms with Crippen LogP contribution in [0, 0.1) is 11.6 Å². The molecule has 0 spiro atoms. The summed E-state index contributed by atoms with van der Waals surface area (Å²) in [6, 6.07) is 17.7. The molecular weight excluding hydrogens is 438 g/mol. The lowest BCUT2D eigenvalue weighted by Crippen LogP contribution is -2.29. The number of carbonyl (C=O) groups excluding carboxylic acids is 2. The Bertz CT molecular complexity index is 1120. The largest absolute Gasteiger partial charge is 0.351 e. The van der Waals surface area contributed by atoms with E-state index in [1.165, 1.54) is 5.56 Å². The van der Waals surface area contributed by atoms with Crippen LogP contribution >= 0.6 is 0 Å². The summed E-state index contributed by atoms with van der Waals surface area (Å²) >= 11 is 0. The molecule has 0 aromatic heterocycles. The van der Waals surface area contributed by atoms with Crippen molar-refractivity contribution in [2.75, 3.05) is 32.0 Å². The summed E-state index contributed by atoms with van der Waals surface area (Å²) in [7, 11) is 1.96. The van der Waals surface area contributed by atoms with Crippen LogP contribution in [0.5, 0.6) is 0 Å². The van der Waals surface area contributed by atoms with Gasteiger partial charge in [0.2, 0.25) is 0 Å². The highest BCUT2D eigenvalue weighted by atomic mass is 19.1. The number of hydrogen-bond donors (Lipinski definition) is 3. The molecule has 6 nitrogen and oxygen atoms in total. The van der Waals surface area contributed by atoms with Gasteiger partial charge in [0.15, 0.2) is 0 Å².